The van der Waals surface area contributed by atoms with Crippen LogP contribution in [0.1, 0.15) is 19.8 Å². The maximum atomic E-state index is 11.5. The van der Waals surface area contributed by atoms with Crippen molar-refractivity contribution in [2.24, 2.45) is 0 Å². The minimum absolute atomic E-state index is 0.0128. The van der Waals surface area contributed by atoms with E-state index in [-0.39, 0.29) is 11.2 Å². The summed E-state index contributed by atoms with van der Waals surface area (Å²) in [6, 6.07) is -0.0389. The lowest BCUT2D eigenvalue weighted by atomic mass is 10.2. The SMILES string of the molecule is C=CCCC(C(=O)S)N(CC)[Si](C)(C)C. The maximum absolute atomic E-state index is 11.5. The summed E-state index contributed by atoms with van der Waals surface area (Å²) in [6.45, 7) is 13.5. The Labute approximate surface area is 100 Å². The van der Waals surface area contributed by atoms with Gasteiger partial charge in [0, 0.05) is 0 Å². The average Bonchev–Trinajstić information content (AvgIpc) is 2.09. The highest BCUT2D eigenvalue weighted by atomic mass is 32.1. The zero-order valence-corrected chi connectivity index (χ0v) is 12.2. The number of thiol groups is 1. The van der Waals surface area contributed by atoms with Crippen LogP contribution < -0.4 is 0 Å². The predicted molar refractivity (Wildman–Crippen MR) is 72.9 cm³/mol. The van der Waals surface area contributed by atoms with Crippen LogP contribution in [-0.4, -0.2) is 30.5 Å². The van der Waals surface area contributed by atoms with E-state index in [0.717, 1.165) is 19.4 Å². The molecular formula is C11H23NOSSi. The molecule has 0 aromatic carbocycles. The minimum atomic E-state index is -1.43. The van der Waals surface area contributed by atoms with E-state index in [1.54, 1.807) is 0 Å². The van der Waals surface area contributed by atoms with Gasteiger partial charge in [0.2, 0.25) is 5.12 Å². The summed E-state index contributed by atoms with van der Waals surface area (Å²) in [7, 11) is -1.43. The summed E-state index contributed by atoms with van der Waals surface area (Å²) in [5.74, 6) is 0. The van der Waals surface area contributed by atoms with E-state index >= 15 is 0 Å². The first-order valence-electron chi connectivity index (χ1n) is 5.45. The predicted octanol–water partition coefficient (Wildman–Crippen LogP) is 2.93. The van der Waals surface area contributed by atoms with Crippen molar-refractivity contribution >= 4 is 26.0 Å². The van der Waals surface area contributed by atoms with Crippen LogP contribution in [0.2, 0.25) is 19.6 Å². The van der Waals surface area contributed by atoms with E-state index in [2.05, 4.69) is 50.3 Å². The summed E-state index contributed by atoms with van der Waals surface area (Å²) in [6.07, 6.45) is 3.57. The van der Waals surface area contributed by atoms with Crippen LogP contribution in [0.15, 0.2) is 12.7 Å². The van der Waals surface area contributed by atoms with Crippen molar-refractivity contribution in [3.05, 3.63) is 12.7 Å². The fourth-order valence-corrected chi connectivity index (χ4v) is 4.36. The lowest BCUT2D eigenvalue weighted by molar-refractivity contribution is -0.114. The van der Waals surface area contributed by atoms with E-state index < -0.39 is 8.24 Å². The van der Waals surface area contributed by atoms with Gasteiger partial charge in [-0.25, -0.2) is 0 Å². The molecule has 0 radical (unpaired) electrons. The molecule has 0 saturated carbocycles. The molecule has 0 aliphatic rings. The molecule has 0 aromatic heterocycles. The molecule has 0 aliphatic carbocycles. The minimum Gasteiger partial charge on any atom is -0.314 e. The van der Waals surface area contributed by atoms with Gasteiger partial charge in [0.1, 0.15) is 8.24 Å². The quantitative estimate of drug-likeness (QED) is 0.423. The van der Waals surface area contributed by atoms with Crippen molar-refractivity contribution in [2.45, 2.75) is 45.4 Å². The number of nitrogens with zero attached hydrogens (tertiary/aromatic N) is 1. The first-order valence-corrected chi connectivity index (χ1v) is 9.34. The second kappa shape index (κ2) is 6.50. The molecule has 15 heavy (non-hydrogen) atoms. The third-order valence-electron chi connectivity index (χ3n) is 2.51. The van der Waals surface area contributed by atoms with Crippen LogP contribution in [0, 0.1) is 0 Å². The van der Waals surface area contributed by atoms with Gasteiger partial charge in [-0.15, -0.1) is 19.2 Å². The number of hydrogen-bond donors (Lipinski definition) is 1. The smallest absolute Gasteiger partial charge is 0.202 e. The lowest BCUT2D eigenvalue weighted by Gasteiger charge is -2.38. The van der Waals surface area contributed by atoms with Crippen molar-refractivity contribution in [1.29, 1.82) is 0 Å². The van der Waals surface area contributed by atoms with E-state index in [0.29, 0.717) is 0 Å². The normalized spacial score (nSPS) is 14.0. The summed E-state index contributed by atoms with van der Waals surface area (Å²) in [5.41, 5.74) is 0. The Morgan fingerprint density at radius 1 is 1.53 bits per heavy atom. The standard InChI is InChI=1S/C11H23NOSSi/c1-6-8-9-10(11(13)14)12(7-2)15(3,4)5/h6,10H,1,7-9H2,2-5H3,(H,13,14). The molecule has 0 spiro atoms. The number of allylic oxidation sites excluding steroid dienone is 1. The van der Waals surface area contributed by atoms with Crippen molar-refractivity contribution in [2.75, 3.05) is 6.54 Å². The van der Waals surface area contributed by atoms with E-state index in [9.17, 15) is 4.79 Å². The molecule has 0 aromatic rings. The Hall–Kier alpha value is -0.0631. The van der Waals surface area contributed by atoms with Crippen molar-refractivity contribution < 1.29 is 4.79 Å². The van der Waals surface area contributed by atoms with Gasteiger partial charge in [-0.3, -0.25) is 4.79 Å². The molecule has 0 amide bonds. The molecular weight excluding hydrogens is 222 g/mol. The summed E-state index contributed by atoms with van der Waals surface area (Å²) in [5, 5.41) is -0.0128. The van der Waals surface area contributed by atoms with Crippen molar-refractivity contribution in [1.82, 2.24) is 4.57 Å². The third kappa shape index (κ3) is 5.00. The Bertz CT molecular complexity index is 225. The highest BCUT2D eigenvalue weighted by Gasteiger charge is 2.31. The first-order chi connectivity index (χ1) is 6.84. The number of likely N-dealkylation sites (N-methyl/N-ethyl adjacent to an activating group) is 1. The number of rotatable bonds is 7. The van der Waals surface area contributed by atoms with Gasteiger partial charge >= 0.3 is 0 Å². The maximum Gasteiger partial charge on any atom is 0.202 e. The zero-order valence-electron chi connectivity index (χ0n) is 10.3. The molecule has 0 heterocycles. The van der Waals surface area contributed by atoms with Gasteiger partial charge in [0.15, 0.2) is 0 Å². The second-order valence-electron chi connectivity index (χ2n) is 4.68. The topological polar surface area (TPSA) is 20.3 Å². The number of hydrogen-bond acceptors (Lipinski definition) is 2. The van der Waals surface area contributed by atoms with Crippen LogP contribution in [0.25, 0.3) is 0 Å². The van der Waals surface area contributed by atoms with Crippen LogP contribution in [0.5, 0.6) is 0 Å². The van der Waals surface area contributed by atoms with Gasteiger partial charge in [0.05, 0.1) is 6.04 Å². The van der Waals surface area contributed by atoms with Gasteiger partial charge in [-0.05, 0) is 19.4 Å². The van der Waals surface area contributed by atoms with E-state index in [1.165, 1.54) is 0 Å². The molecule has 1 unspecified atom stereocenters. The first kappa shape index (κ1) is 14.9. The molecule has 0 aliphatic heterocycles. The molecule has 88 valence electrons. The number of carbonyl (C=O) groups excluding carboxylic acids is 1. The Morgan fingerprint density at radius 3 is 2.33 bits per heavy atom. The molecule has 0 bridgehead atoms. The monoisotopic (exact) mass is 245 g/mol. The second-order valence-corrected chi connectivity index (χ2v) is 10.0. The van der Waals surface area contributed by atoms with Crippen LogP contribution in [-0.2, 0) is 4.79 Å². The highest BCUT2D eigenvalue weighted by Crippen LogP contribution is 2.18. The van der Waals surface area contributed by atoms with Crippen molar-refractivity contribution in [3.8, 4) is 0 Å². The Morgan fingerprint density at radius 2 is 2.07 bits per heavy atom. The van der Waals surface area contributed by atoms with Gasteiger partial charge in [0.25, 0.3) is 0 Å². The van der Waals surface area contributed by atoms with E-state index in [1.807, 2.05) is 6.08 Å². The van der Waals surface area contributed by atoms with Crippen LogP contribution in [0.4, 0.5) is 0 Å². The van der Waals surface area contributed by atoms with Gasteiger partial charge in [-0.1, -0.05) is 32.6 Å². The van der Waals surface area contributed by atoms with E-state index in [4.69, 9.17) is 0 Å². The molecule has 0 N–H and O–H groups in total. The highest BCUT2D eigenvalue weighted by molar-refractivity contribution is 7.96. The summed E-state index contributed by atoms with van der Waals surface area (Å²) < 4.78 is 2.33. The van der Waals surface area contributed by atoms with Gasteiger partial charge in [-0.2, -0.15) is 0 Å². The third-order valence-corrected chi connectivity index (χ3v) is 5.16. The van der Waals surface area contributed by atoms with Crippen LogP contribution >= 0.6 is 12.6 Å². The average molecular weight is 245 g/mol. The molecule has 0 rings (SSSR count). The fraction of sp³-hybridized carbons (Fsp3) is 0.727. The Balaban J connectivity index is 4.70. The molecule has 0 saturated heterocycles. The number of carbonyl (C=O) groups is 1. The molecule has 1 atom stereocenters. The fourth-order valence-electron chi connectivity index (χ4n) is 1.85. The van der Waals surface area contributed by atoms with Crippen molar-refractivity contribution in [3.63, 3.8) is 0 Å². The molecule has 2 nitrogen and oxygen atoms in total. The largest absolute Gasteiger partial charge is 0.314 e. The lowest BCUT2D eigenvalue weighted by Crippen LogP contribution is -2.53. The molecule has 4 heteroatoms. The summed E-state index contributed by atoms with van der Waals surface area (Å²) >= 11 is 4.00. The Kier molecular flexibility index (Phi) is 6.48. The van der Waals surface area contributed by atoms with Crippen LogP contribution in [0.3, 0.4) is 0 Å². The molecule has 0 fully saturated rings. The summed E-state index contributed by atoms with van der Waals surface area (Å²) in [4.78, 5) is 11.5. The van der Waals surface area contributed by atoms with Gasteiger partial charge < -0.3 is 4.57 Å². The zero-order chi connectivity index (χ0) is 12.1.